The second-order valence-electron chi connectivity index (χ2n) is 9.38. The van der Waals surface area contributed by atoms with Gasteiger partial charge in [-0.2, -0.15) is 0 Å². The van der Waals surface area contributed by atoms with Gasteiger partial charge in [-0.05, 0) is 47.6 Å². The predicted molar refractivity (Wildman–Crippen MR) is 129 cm³/mol. The van der Waals surface area contributed by atoms with Crippen molar-refractivity contribution in [3.05, 3.63) is 54.1 Å². The first kappa shape index (κ1) is 23.2. The minimum Gasteiger partial charge on any atom is -0.497 e. The highest BCUT2D eigenvalue weighted by atomic mass is 32.2. The van der Waals surface area contributed by atoms with E-state index in [1.54, 1.807) is 23.8 Å². The fraction of sp³-hybridized carbons (Fsp3) is 0.440. The molecule has 1 fully saturated rings. The van der Waals surface area contributed by atoms with Crippen molar-refractivity contribution in [2.75, 3.05) is 23.1 Å². The molecule has 0 bridgehead atoms. The van der Waals surface area contributed by atoms with Gasteiger partial charge in [0.15, 0.2) is 0 Å². The summed E-state index contributed by atoms with van der Waals surface area (Å²) in [5.41, 5.74) is 2.76. The summed E-state index contributed by atoms with van der Waals surface area (Å²) in [4.78, 5) is 27.0. The van der Waals surface area contributed by atoms with E-state index in [4.69, 9.17) is 4.74 Å². The standard InChI is InChI=1S/C25H32N2O3S/c1-17(15-25(2,3)4)12-22(28)26-19-9-6-8-18(13-19)24-27(23(29)16-31-24)20-10-7-11-21(14-20)30-5/h6-11,13-14,17,24H,12,15-16H2,1-5H3,(H,26,28)/t17-,24+/m0/s1. The second-order valence-corrected chi connectivity index (χ2v) is 10.4. The van der Waals surface area contributed by atoms with Crippen molar-refractivity contribution in [2.45, 2.75) is 45.9 Å². The summed E-state index contributed by atoms with van der Waals surface area (Å²) in [6.07, 6.45) is 1.49. The van der Waals surface area contributed by atoms with Crippen molar-refractivity contribution < 1.29 is 14.3 Å². The van der Waals surface area contributed by atoms with Crippen LogP contribution in [0.5, 0.6) is 5.75 Å². The van der Waals surface area contributed by atoms with Gasteiger partial charge in [-0.25, -0.2) is 0 Å². The van der Waals surface area contributed by atoms with Crippen LogP contribution in [0.15, 0.2) is 48.5 Å². The summed E-state index contributed by atoms with van der Waals surface area (Å²) >= 11 is 1.59. The number of nitrogens with one attached hydrogen (secondary N) is 1. The van der Waals surface area contributed by atoms with Crippen molar-refractivity contribution in [1.82, 2.24) is 0 Å². The summed E-state index contributed by atoms with van der Waals surface area (Å²) in [7, 11) is 1.62. The highest BCUT2D eigenvalue weighted by molar-refractivity contribution is 8.00. The van der Waals surface area contributed by atoms with Gasteiger partial charge < -0.3 is 10.1 Å². The maximum atomic E-state index is 12.7. The molecule has 0 radical (unpaired) electrons. The molecule has 2 amide bonds. The maximum Gasteiger partial charge on any atom is 0.238 e. The number of thioether (sulfide) groups is 1. The molecule has 1 saturated heterocycles. The van der Waals surface area contributed by atoms with Crippen LogP contribution in [0.3, 0.4) is 0 Å². The Balaban J connectivity index is 1.74. The van der Waals surface area contributed by atoms with Gasteiger partial charge in [0.05, 0.1) is 12.9 Å². The van der Waals surface area contributed by atoms with E-state index in [0.717, 1.165) is 23.4 Å². The third-order valence-electron chi connectivity index (χ3n) is 5.15. The van der Waals surface area contributed by atoms with Crippen LogP contribution in [0.4, 0.5) is 11.4 Å². The number of amides is 2. The first-order valence-corrected chi connectivity index (χ1v) is 11.7. The number of benzene rings is 2. The lowest BCUT2D eigenvalue weighted by Crippen LogP contribution is -2.27. The summed E-state index contributed by atoms with van der Waals surface area (Å²) in [5, 5.41) is 2.89. The van der Waals surface area contributed by atoms with Crippen molar-refractivity contribution in [1.29, 1.82) is 0 Å². The number of carbonyl (C=O) groups excluding carboxylic acids is 2. The van der Waals surface area contributed by atoms with Crippen LogP contribution in [0.1, 0.15) is 51.5 Å². The third kappa shape index (κ3) is 6.26. The van der Waals surface area contributed by atoms with E-state index in [1.807, 2.05) is 48.5 Å². The van der Waals surface area contributed by atoms with Gasteiger partial charge >= 0.3 is 0 Å². The van der Waals surface area contributed by atoms with Gasteiger partial charge in [-0.3, -0.25) is 14.5 Å². The smallest absolute Gasteiger partial charge is 0.238 e. The Kier molecular flexibility index (Phi) is 7.31. The molecule has 1 heterocycles. The Morgan fingerprint density at radius 1 is 1.23 bits per heavy atom. The zero-order valence-electron chi connectivity index (χ0n) is 19.0. The van der Waals surface area contributed by atoms with Crippen LogP contribution in [-0.4, -0.2) is 24.7 Å². The van der Waals surface area contributed by atoms with Crippen LogP contribution in [0, 0.1) is 11.3 Å². The summed E-state index contributed by atoms with van der Waals surface area (Å²) in [5.74, 6) is 1.53. The van der Waals surface area contributed by atoms with Gasteiger partial charge in [-0.15, -0.1) is 11.8 Å². The van der Waals surface area contributed by atoms with E-state index >= 15 is 0 Å². The molecular formula is C25H32N2O3S. The lowest BCUT2D eigenvalue weighted by molar-refractivity contribution is -0.117. The Hall–Kier alpha value is -2.47. The average Bonchev–Trinajstić information content (AvgIpc) is 3.08. The van der Waals surface area contributed by atoms with E-state index in [0.29, 0.717) is 23.8 Å². The summed E-state index contributed by atoms with van der Waals surface area (Å²) in [6, 6.07) is 15.3. The second kappa shape index (κ2) is 9.77. The fourth-order valence-corrected chi connectivity index (χ4v) is 5.29. The van der Waals surface area contributed by atoms with E-state index in [9.17, 15) is 9.59 Å². The zero-order chi connectivity index (χ0) is 22.6. The molecule has 2 aromatic rings. The topological polar surface area (TPSA) is 58.6 Å². The van der Waals surface area contributed by atoms with Crippen LogP contribution in [0.2, 0.25) is 0 Å². The molecule has 2 aromatic carbocycles. The molecule has 31 heavy (non-hydrogen) atoms. The van der Waals surface area contributed by atoms with E-state index in [1.165, 1.54) is 0 Å². The molecular weight excluding hydrogens is 408 g/mol. The van der Waals surface area contributed by atoms with Crippen molar-refractivity contribution in [3.8, 4) is 5.75 Å². The van der Waals surface area contributed by atoms with Crippen LogP contribution >= 0.6 is 11.8 Å². The molecule has 5 nitrogen and oxygen atoms in total. The Morgan fingerprint density at radius 2 is 1.97 bits per heavy atom. The van der Waals surface area contributed by atoms with Crippen LogP contribution in [0.25, 0.3) is 0 Å². The van der Waals surface area contributed by atoms with Gasteiger partial charge in [0.2, 0.25) is 11.8 Å². The first-order chi connectivity index (χ1) is 14.7. The van der Waals surface area contributed by atoms with E-state index < -0.39 is 0 Å². The van der Waals surface area contributed by atoms with Gasteiger partial charge in [0, 0.05) is 23.9 Å². The SMILES string of the molecule is COc1cccc(N2C(=O)CS[C@@H]2c2cccc(NC(=O)C[C@H](C)CC(C)(C)C)c2)c1. The molecule has 0 spiro atoms. The number of hydrogen-bond acceptors (Lipinski definition) is 4. The van der Waals surface area contributed by atoms with E-state index in [-0.39, 0.29) is 22.6 Å². The highest BCUT2D eigenvalue weighted by Crippen LogP contribution is 2.43. The van der Waals surface area contributed by atoms with Gasteiger partial charge in [0.25, 0.3) is 0 Å². The zero-order valence-corrected chi connectivity index (χ0v) is 19.8. The first-order valence-electron chi connectivity index (χ1n) is 10.6. The molecule has 6 heteroatoms. The average molecular weight is 441 g/mol. The monoisotopic (exact) mass is 440 g/mol. The minimum atomic E-state index is -0.142. The summed E-state index contributed by atoms with van der Waals surface area (Å²) < 4.78 is 5.32. The number of nitrogens with zero attached hydrogens (tertiary/aromatic N) is 1. The molecule has 1 N–H and O–H groups in total. The highest BCUT2D eigenvalue weighted by Gasteiger charge is 2.34. The molecule has 1 aliphatic rings. The normalized spacial score (nSPS) is 17.5. The van der Waals surface area contributed by atoms with Crippen molar-refractivity contribution in [2.24, 2.45) is 11.3 Å². The Morgan fingerprint density at radius 3 is 2.68 bits per heavy atom. The largest absolute Gasteiger partial charge is 0.497 e. The number of methoxy groups -OCH3 is 1. The molecule has 166 valence electrons. The number of rotatable bonds is 7. The molecule has 0 aliphatic carbocycles. The third-order valence-corrected chi connectivity index (χ3v) is 6.36. The predicted octanol–water partition coefficient (Wildman–Crippen LogP) is 5.87. The Labute approximate surface area is 189 Å². The van der Waals surface area contributed by atoms with Crippen LogP contribution < -0.4 is 15.0 Å². The van der Waals surface area contributed by atoms with Gasteiger partial charge in [-0.1, -0.05) is 45.9 Å². The van der Waals surface area contributed by atoms with Crippen LogP contribution in [-0.2, 0) is 9.59 Å². The molecule has 0 aromatic heterocycles. The number of ether oxygens (including phenoxy) is 1. The lowest BCUT2D eigenvalue weighted by atomic mass is 9.84. The summed E-state index contributed by atoms with van der Waals surface area (Å²) in [6.45, 7) is 8.70. The number of anilines is 2. The maximum absolute atomic E-state index is 12.7. The van der Waals surface area contributed by atoms with Crippen molar-refractivity contribution in [3.63, 3.8) is 0 Å². The van der Waals surface area contributed by atoms with Crippen molar-refractivity contribution >= 4 is 35.0 Å². The Bertz CT molecular complexity index is 938. The molecule has 0 saturated carbocycles. The molecule has 2 atom stereocenters. The molecule has 0 unspecified atom stereocenters. The van der Waals surface area contributed by atoms with Gasteiger partial charge in [0.1, 0.15) is 11.1 Å². The number of carbonyl (C=O) groups is 2. The fourth-order valence-electron chi connectivity index (χ4n) is 4.13. The molecule has 3 rings (SSSR count). The van der Waals surface area contributed by atoms with E-state index in [2.05, 4.69) is 33.0 Å². The lowest BCUT2D eigenvalue weighted by Gasteiger charge is -2.25. The molecule has 1 aliphatic heterocycles. The minimum absolute atomic E-state index is 0.0219. The number of hydrogen-bond donors (Lipinski definition) is 1. The quantitative estimate of drug-likeness (QED) is 0.584.